The van der Waals surface area contributed by atoms with Gasteiger partial charge in [-0.2, -0.15) is 0 Å². The average molecular weight is 258 g/mol. The number of Topliss-reactive ketones (excluding diaryl/α,β-unsaturated/α-hetero) is 1. The second kappa shape index (κ2) is 5.14. The van der Waals surface area contributed by atoms with Crippen LogP contribution in [-0.2, 0) is 9.59 Å². The maximum Gasteiger partial charge on any atom is 0.252 e. The predicted molar refractivity (Wildman–Crippen MR) is 64.3 cm³/mol. The van der Waals surface area contributed by atoms with Gasteiger partial charge in [0.2, 0.25) is 0 Å². The van der Waals surface area contributed by atoms with E-state index >= 15 is 0 Å². The Labute approximate surface area is 103 Å². The topological polar surface area (TPSA) is 60.2 Å². The van der Waals surface area contributed by atoms with Crippen molar-refractivity contribution in [2.45, 2.75) is 6.92 Å². The Bertz CT molecular complexity index is 465. The van der Waals surface area contributed by atoms with E-state index in [1.165, 1.54) is 13.0 Å². The molecule has 0 aliphatic heterocycles. The molecule has 0 aliphatic carbocycles. The normalized spacial score (nSPS) is 11.3. The fourth-order valence-corrected chi connectivity index (χ4v) is 1.42. The molecule has 0 unspecified atom stereocenters. The Kier molecular flexibility index (Phi) is 4.10. The molecule has 1 amide bonds. The Morgan fingerprint density at radius 1 is 1.25 bits per heavy atom. The van der Waals surface area contributed by atoms with Crippen molar-refractivity contribution in [2.24, 2.45) is 5.73 Å². The molecule has 0 atom stereocenters. The zero-order chi connectivity index (χ0) is 12.3. The van der Waals surface area contributed by atoms with Crippen molar-refractivity contribution in [3.8, 4) is 0 Å². The van der Waals surface area contributed by atoms with E-state index in [2.05, 4.69) is 0 Å². The van der Waals surface area contributed by atoms with E-state index in [0.717, 1.165) is 0 Å². The summed E-state index contributed by atoms with van der Waals surface area (Å²) in [5.74, 6) is -1.16. The number of hydrogen-bond donors (Lipinski definition) is 1. The van der Waals surface area contributed by atoms with E-state index in [1.807, 2.05) is 0 Å². The third kappa shape index (κ3) is 3.08. The van der Waals surface area contributed by atoms with E-state index in [-0.39, 0.29) is 5.57 Å². The highest BCUT2D eigenvalue weighted by molar-refractivity contribution is 6.42. The van der Waals surface area contributed by atoms with Crippen molar-refractivity contribution in [3.63, 3.8) is 0 Å². The molecule has 0 aliphatic rings. The lowest BCUT2D eigenvalue weighted by Gasteiger charge is -2.00. The minimum atomic E-state index is -0.765. The molecule has 0 heterocycles. The molecule has 0 saturated heterocycles. The van der Waals surface area contributed by atoms with Gasteiger partial charge in [-0.1, -0.05) is 29.3 Å². The number of benzene rings is 1. The van der Waals surface area contributed by atoms with Gasteiger partial charge in [0.1, 0.15) is 0 Å². The summed E-state index contributed by atoms with van der Waals surface area (Å²) in [4.78, 5) is 22.1. The van der Waals surface area contributed by atoms with Crippen LogP contribution in [0, 0.1) is 0 Å². The second-order valence-electron chi connectivity index (χ2n) is 3.15. The third-order valence-electron chi connectivity index (χ3n) is 1.90. The first kappa shape index (κ1) is 12.7. The highest BCUT2D eigenvalue weighted by Gasteiger charge is 2.10. The monoisotopic (exact) mass is 257 g/mol. The van der Waals surface area contributed by atoms with E-state index in [9.17, 15) is 9.59 Å². The van der Waals surface area contributed by atoms with Gasteiger partial charge >= 0.3 is 0 Å². The molecule has 84 valence electrons. The van der Waals surface area contributed by atoms with Crippen LogP contribution in [-0.4, -0.2) is 11.7 Å². The first-order valence-corrected chi connectivity index (χ1v) is 5.15. The minimum Gasteiger partial charge on any atom is -0.365 e. The highest BCUT2D eigenvalue weighted by Crippen LogP contribution is 2.23. The Morgan fingerprint density at radius 3 is 2.31 bits per heavy atom. The van der Waals surface area contributed by atoms with Gasteiger partial charge in [-0.15, -0.1) is 0 Å². The van der Waals surface area contributed by atoms with Gasteiger partial charge < -0.3 is 5.73 Å². The van der Waals surface area contributed by atoms with E-state index in [4.69, 9.17) is 28.9 Å². The molecular weight excluding hydrogens is 249 g/mol. The Balaban J connectivity index is 3.18. The van der Waals surface area contributed by atoms with Crippen molar-refractivity contribution in [2.75, 3.05) is 0 Å². The molecular formula is C11H9Cl2NO2. The second-order valence-corrected chi connectivity index (χ2v) is 3.97. The van der Waals surface area contributed by atoms with Crippen molar-refractivity contribution in [1.82, 2.24) is 0 Å². The highest BCUT2D eigenvalue weighted by atomic mass is 35.5. The average Bonchev–Trinajstić information content (AvgIpc) is 2.18. The van der Waals surface area contributed by atoms with Crippen LogP contribution in [0.1, 0.15) is 12.5 Å². The predicted octanol–water partition coefficient (Wildman–Crippen LogP) is 2.45. The summed E-state index contributed by atoms with van der Waals surface area (Å²) in [7, 11) is 0. The van der Waals surface area contributed by atoms with Crippen LogP contribution >= 0.6 is 23.2 Å². The molecule has 0 fully saturated rings. The number of carbonyl (C=O) groups excluding carboxylic acids is 2. The number of hydrogen-bond acceptors (Lipinski definition) is 2. The molecule has 1 aromatic carbocycles. The molecule has 0 aromatic heterocycles. The van der Waals surface area contributed by atoms with E-state index < -0.39 is 11.7 Å². The summed E-state index contributed by atoms with van der Waals surface area (Å²) in [5, 5.41) is 0.755. The number of halogens is 2. The summed E-state index contributed by atoms with van der Waals surface area (Å²) in [6.07, 6.45) is 1.38. The zero-order valence-corrected chi connectivity index (χ0v) is 9.97. The molecule has 0 saturated carbocycles. The number of nitrogens with two attached hydrogens (primary N) is 1. The molecule has 1 rings (SSSR count). The van der Waals surface area contributed by atoms with Crippen LogP contribution in [0.4, 0.5) is 0 Å². The van der Waals surface area contributed by atoms with Gasteiger partial charge in [0, 0.05) is 0 Å². The Hall–Kier alpha value is -1.32. The van der Waals surface area contributed by atoms with Crippen molar-refractivity contribution >= 4 is 41.0 Å². The molecule has 1 aromatic rings. The first-order chi connectivity index (χ1) is 7.41. The molecule has 0 radical (unpaired) electrons. The molecule has 0 bridgehead atoms. The Morgan fingerprint density at radius 2 is 1.88 bits per heavy atom. The lowest BCUT2D eigenvalue weighted by molar-refractivity contribution is -0.119. The number of primary amides is 1. The first-order valence-electron chi connectivity index (χ1n) is 4.39. The van der Waals surface area contributed by atoms with Crippen molar-refractivity contribution < 1.29 is 9.59 Å². The van der Waals surface area contributed by atoms with Crippen LogP contribution in [0.25, 0.3) is 6.08 Å². The number of rotatable bonds is 3. The largest absolute Gasteiger partial charge is 0.365 e. The fraction of sp³-hybridized carbons (Fsp3) is 0.0909. The lowest BCUT2D eigenvalue weighted by atomic mass is 10.1. The van der Waals surface area contributed by atoms with Crippen molar-refractivity contribution in [3.05, 3.63) is 39.4 Å². The smallest absolute Gasteiger partial charge is 0.252 e. The maximum atomic E-state index is 11.1. The lowest BCUT2D eigenvalue weighted by Crippen LogP contribution is -2.18. The summed E-state index contributed by atoms with van der Waals surface area (Å²) in [6.45, 7) is 1.27. The SMILES string of the molecule is CC(=O)/C(=C\c1ccc(Cl)c(Cl)c1)C(N)=O. The van der Waals surface area contributed by atoms with E-state index in [0.29, 0.717) is 15.6 Å². The summed E-state index contributed by atoms with van der Waals surface area (Å²) in [5.41, 5.74) is 5.59. The number of carbonyl (C=O) groups is 2. The van der Waals surface area contributed by atoms with Gasteiger partial charge in [0.25, 0.3) is 5.91 Å². The molecule has 5 heteroatoms. The van der Waals surface area contributed by atoms with Crippen LogP contribution in [0.2, 0.25) is 10.0 Å². The standard InChI is InChI=1S/C11H9Cl2NO2/c1-6(15)8(11(14)16)4-7-2-3-9(12)10(13)5-7/h2-5H,1H3,(H2,14,16)/b8-4+. The zero-order valence-electron chi connectivity index (χ0n) is 8.46. The molecule has 3 nitrogen and oxygen atoms in total. The van der Waals surface area contributed by atoms with Gasteiger partial charge in [0.15, 0.2) is 5.78 Å². The number of amides is 1. The van der Waals surface area contributed by atoms with Gasteiger partial charge in [0.05, 0.1) is 15.6 Å². The van der Waals surface area contributed by atoms with Crippen LogP contribution in [0.3, 0.4) is 0 Å². The third-order valence-corrected chi connectivity index (χ3v) is 2.64. The summed E-state index contributed by atoms with van der Waals surface area (Å²) >= 11 is 11.5. The minimum absolute atomic E-state index is 0.0709. The summed E-state index contributed by atoms with van der Waals surface area (Å²) < 4.78 is 0. The molecule has 0 spiro atoms. The molecule has 2 N–H and O–H groups in total. The fourth-order valence-electron chi connectivity index (χ4n) is 1.12. The molecule has 16 heavy (non-hydrogen) atoms. The quantitative estimate of drug-likeness (QED) is 0.514. The van der Waals surface area contributed by atoms with Crippen molar-refractivity contribution in [1.29, 1.82) is 0 Å². The van der Waals surface area contributed by atoms with E-state index in [1.54, 1.807) is 18.2 Å². The van der Waals surface area contributed by atoms with Gasteiger partial charge in [-0.25, -0.2) is 0 Å². The number of ketones is 1. The van der Waals surface area contributed by atoms with Gasteiger partial charge in [-0.05, 0) is 30.7 Å². The maximum absolute atomic E-state index is 11.1. The van der Waals surface area contributed by atoms with Crippen LogP contribution < -0.4 is 5.73 Å². The van der Waals surface area contributed by atoms with Gasteiger partial charge in [-0.3, -0.25) is 9.59 Å². The summed E-state index contributed by atoms with van der Waals surface area (Å²) in [6, 6.07) is 4.77. The van der Waals surface area contributed by atoms with Crippen LogP contribution in [0.5, 0.6) is 0 Å². The van der Waals surface area contributed by atoms with Crippen LogP contribution in [0.15, 0.2) is 23.8 Å².